The lowest BCUT2D eigenvalue weighted by Crippen LogP contribution is -2.32. The van der Waals surface area contributed by atoms with Gasteiger partial charge in [0.05, 0.1) is 21.9 Å². The van der Waals surface area contributed by atoms with Gasteiger partial charge in [0, 0.05) is 12.1 Å². The highest BCUT2D eigenvalue weighted by Crippen LogP contribution is 2.32. The van der Waals surface area contributed by atoms with Gasteiger partial charge in [0.25, 0.3) is 16.8 Å². The van der Waals surface area contributed by atoms with E-state index in [-0.39, 0.29) is 40.3 Å². The molecule has 0 atom stereocenters. The predicted molar refractivity (Wildman–Crippen MR) is 134 cm³/mol. The molecule has 0 spiro atoms. The summed E-state index contributed by atoms with van der Waals surface area (Å²) in [5, 5.41) is 10.4. The third kappa shape index (κ3) is 5.97. The number of hydrogen-bond donors (Lipinski definition) is 0. The van der Waals surface area contributed by atoms with Gasteiger partial charge >= 0.3 is 5.97 Å². The van der Waals surface area contributed by atoms with Crippen molar-refractivity contribution in [3.8, 4) is 11.5 Å². The van der Waals surface area contributed by atoms with E-state index in [2.05, 4.69) is 0 Å². The lowest BCUT2D eigenvalue weighted by atomic mass is 10.2. The van der Waals surface area contributed by atoms with Crippen molar-refractivity contribution in [3.05, 3.63) is 105 Å². The number of imide groups is 1. The zero-order valence-electron chi connectivity index (χ0n) is 19.1. The van der Waals surface area contributed by atoms with E-state index in [0.29, 0.717) is 11.3 Å². The van der Waals surface area contributed by atoms with Gasteiger partial charge in [-0.3, -0.25) is 24.6 Å². The highest BCUT2D eigenvalue weighted by Gasteiger charge is 2.34. The summed E-state index contributed by atoms with van der Waals surface area (Å²) >= 11 is 0.826. The molecule has 0 unspecified atom stereocenters. The van der Waals surface area contributed by atoms with Crippen molar-refractivity contribution < 1.29 is 28.8 Å². The number of non-ortho nitro benzene ring substituents is 1. The zero-order valence-corrected chi connectivity index (χ0v) is 19.9. The minimum absolute atomic E-state index is 0.114. The Balaban J connectivity index is 1.39. The Hall–Kier alpha value is -4.44. The second-order valence-electron chi connectivity index (χ2n) is 7.76. The van der Waals surface area contributed by atoms with Crippen LogP contribution in [0.1, 0.15) is 21.5 Å². The maximum atomic E-state index is 12.8. The van der Waals surface area contributed by atoms with E-state index in [0.717, 1.165) is 22.2 Å². The smallest absolute Gasteiger partial charge is 0.343 e. The normalized spacial score (nSPS) is 14.2. The van der Waals surface area contributed by atoms with Gasteiger partial charge in [-0.1, -0.05) is 24.3 Å². The van der Waals surface area contributed by atoms with E-state index in [1.807, 2.05) is 31.2 Å². The van der Waals surface area contributed by atoms with Crippen LogP contribution < -0.4 is 9.47 Å². The highest BCUT2D eigenvalue weighted by atomic mass is 32.2. The summed E-state index contributed by atoms with van der Waals surface area (Å²) in [6.07, 6.45) is 1.55. The molecular weight excluding hydrogens is 484 g/mol. The summed E-state index contributed by atoms with van der Waals surface area (Å²) < 4.78 is 11.0. The van der Waals surface area contributed by atoms with Crippen molar-refractivity contribution in [1.29, 1.82) is 0 Å². The molecule has 0 saturated carbocycles. The molecule has 1 fully saturated rings. The van der Waals surface area contributed by atoms with Gasteiger partial charge < -0.3 is 9.47 Å². The van der Waals surface area contributed by atoms with E-state index in [1.165, 1.54) is 24.3 Å². The lowest BCUT2D eigenvalue weighted by molar-refractivity contribution is -0.384. The van der Waals surface area contributed by atoms with Crippen LogP contribution in [-0.2, 0) is 4.79 Å². The molecule has 0 bridgehead atoms. The molecule has 1 aliphatic rings. The largest absolute Gasteiger partial charge is 0.492 e. The Morgan fingerprint density at radius 1 is 1.03 bits per heavy atom. The van der Waals surface area contributed by atoms with Gasteiger partial charge in [-0.15, -0.1) is 0 Å². The second kappa shape index (κ2) is 10.9. The molecule has 0 radical (unpaired) electrons. The van der Waals surface area contributed by atoms with Crippen LogP contribution in [0.5, 0.6) is 11.5 Å². The number of amides is 2. The number of nitro groups is 1. The predicted octanol–water partition coefficient (Wildman–Crippen LogP) is 5.24. The lowest BCUT2D eigenvalue weighted by Gasteiger charge is -2.13. The van der Waals surface area contributed by atoms with Gasteiger partial charge in [-0.05, 0) is 72.3 Å². The Bertz CT molecular complexity index is 1370. The first kappa shape index (κ1) is 24.7. The molecule has 3 aromatic rings. The van der Waals surface area contributed by atoms with Crippen molar-refractivity contribution in [3.63, 3.8) is 0 Å². The fraction of sp³-hybridized carbons (Fsp3) is 0.115. The summed E-state index contributed by atoms with van der Waals surface area (Å²) in [4.78, 5) is 49.1. The first-order valence-corrected chi connectivity index (χ1v) is 11.6. The first-order chi connectivity index (χ1) is 17.3. The van der Waals surface area contributed by atoms with Crippen LogP contribution in [0.25, 0.3) is 6.08 Å². The molecule has 182 valence electrons. The standard InChI is InChI=1S/C26H20N2O7S/c1-17-4-2-6-21(14-17)34-13-12-27-24(29)23(36-26(27)31)16-18-5-3-7-22(15-18)35-25(30)19-8-10-20(11-9-19)28(32)33/h2-11,14-16H,12-13H2,1H3/b23-16-. The monoisotopic (exact) mass is 504 g/mol. The van der Waals surface area contributed by atoms with Crippen LogP contribution in [0.2, 0.25) is 0 Å². The van der Waals surface area contributed by atoms with Crippen LogP contribution in [0, 0.1) is 17.0 Å². The van der Waals surface area contributed by atoms with Gasteiger partial charge in [0.2, 0.25) is 0 Å². The number of aryl methyl sites for hydroxylation is 1. The SMILES string of the molecule is Cc1cccc(OCCN2C(=O)S/C(=C\c3cccc(OC(=O)c4ccc([N+](=O)[O-])cc4)c3)C2=O)c1. The average molecular weight is 505 g/mol. The maximum Gasteiger partial charge on any atom is 0.343 e. The van der Waals surface area contributed by atoms with Crippen LogP contribution in [0.4, 0.5) is 10.5 Å². The molecule has 4 rings (SSSR count). The molecule has 1 aliphatic heterocycles. The van der Waals surface area contributed by atoms with Gasteiger partial charge in [-0.2, -0.15) is 0 Å². The maximum absolute atomic E-state index is 12.8. The number of rotatable bonds is 8. The van der Waals surface area contributed by atoms with Crippen molar-refractivity contribution in [1.82, 2.24) is 4.90 Å². The Labute approximate surface area is 210 Å². The number of ether oxygens (including phenoxy) is 2. The Morgan fingerprint density at radius 2 is 1.75 bits per heavy atom. The quantitative estimate of drug-likeness (QED) is 0.134. The van der Waals surface area contributed by atoms with E-state index in [9.17, 15) is 24.5 Å². The summed E-state index contributed by atoms with van der Waals surface area (Å²) in [6, 6.07) is 19.0. The fourth-order valence-corrected chi connectivity index (χ4v) is 4.22. The fourth-order valence-electron chi connectivity index (χ4n) is 3.36. The van der Waals surface area contributed by atoms with Gasteiger partial charge in [0.1, 0.15) is 18.1 Å². The molecule has 1 heterocycles. The summed E-state index contributed by atoms with van der Waals surface area (Å²) in [5.74, 6) is -0.224. The molecule has 0 aromatic heterocycles. The second-order valence-corrected chi connectivity index (χ2v) is 8.76. The van der Waals surface area contributed by atoms with Crippen LogP contribution >= 0.6 is 11.8 Å². The van der Waals surface area contributed by atoms with Crippen molar-refractivity contribution >= 4 is 40.6 Å². The Morgan fingerprint density at radius 3 is 2.47 bits per heavy atom. The van der Waals surface area contributed by atoms with Crippen molar-refractivity contribution in [2.24, 2.45) is 0 Å². The van der Waals surface area contributed by atoms with Crippen molar-refractivity contribution in [2.45, 2.75) is 6.92 Å². The van der Waals surface area contributed by atoms with Crippen LogP contribution in [-0.4, -0.2) is 40.1 Å². The van der Waals surface area contributed by atoms with E-state index < -0.39 is 16.8 Å². The number of carbonyl (C=O) groups excluding carboxylic acids is 3. The molecular formula is C26H20N2O7S. The molecule has 36 heavy (non-hydrogen) atoms. The molecule has 9 nitrogen and oxygen atoms in total. The number of benzene rings is 3. The van der Waals surface area contributed by atoms with Gasteiger partial charge in [-0.25, -0.2) is 4.79 Å². The molecule has 2 amide bonds. The highest BCUT2D eigenvalue weighted by molar-refractivity contribution is 8.18. The number of hydrogen-bond acceptors (Lipinski definition) is 8. The van der Waals surface area contributed by atoms with Crippen molar-refractivity contribution in [2.75, 3.05) is 13.2 Å². The Kier molecular flexibility index (Phi) is 7.45. The average Bonchev–Trinajstić information content (AvgIpc) is 3.11. The number of thioether (sulfide) groups is 1. The summed E-state index contributed by atoms with van der Waals surface area (Å²) in [6.45, 7) is 2.23. The molecule has 1 saturated heterocycles. The number of esters is 1. The van der Waals surface area contributed by atoms with Gasteiger partial charge in [0.15, 0.2) is 0 Å². The zero-order chi connectivity index (χ0) is 25.7. The summed E-state index contributed by atoms with van der Waals surface area (Å²) in [5.41, 5.74) is 1.62. The first-order valence-electron chi connectivity index (χ1n) is 10.8. The minimum atomic E-state index is -0.684. The number of nitrogens with zero attached hydrogens (tertiary/aromatic N) is 2. The van der Waals surface area contributed by atoms with E-state index >= 15 is 0 Å². The minimum Gasteiger partial charge on any atom is -0.492 e. The molecule has 0 aliphatic carbocycles. The third-order valence-electron chi connectivity index (χ3n) is 5.13. The third-order valence-corrected chi connectivity index (χ3v) is 6.03. The van der Waals surface area contributed by atoms with E-state index in [1.54, 1.807) is 30.3 Å². The van der Waals surface area contributed by atoms with E-state index in [4.69, 9.17) is 9.47 Å². The topological polar surface area (TPSA) is 116 Å². The molecule has 0 N–H and O–H groups in total. The number of carbonyl (C=O) groups is 3. The molecule has 10 heteroatoms. The summed E-state index contributed by atoms with van der Waals surface area (Å²) in [7, 11) is 0. The van der Waals surface area contributed by atoms with Crippen LogP contribution in [0.3, 0.4) is 0 Å². The van der Waals surface area contributed by atoms with Crippen LogP contribution in [0.15, 0.2) is 77.7 Å². The number of nitro benzene ring substituents is 1. The molecule has 3 aromatic carbocycles.